The van der Waals surface area contributed by atoms with Crippen LogP contribution in [0.4, 0.5) is 0 Å². The van der Waals surface area contributed by atoms with E-state index in [0.29, 0.717) is 6.54 Å². The lowest BCUT2D eigenvalue weighted by Gasteiger charge is -2.18. The van der Waals surface area contributed by atoms with Crippen LogP contribution in [0.5, 0.6) is 0 Å². The molecule has 3 N–H and O–H groups in total. The van der Waals surface area contributed by atoms with Crippen molar-refractivity contribution in [2.75, 3.05) is 6.54 Å². The molecule has 0 bridgehead atoms. The summed E-state index contributed by atoms with van der Waals surface area (Å²) in [5.74, 6) is -1.40. The predicted octanol–water partition coefficient (Wildman–Crippen LogP) is -1.49. The van der Waals surface area contributed by atoms with Gasteiger partial charge in [-0.05, 0) is 0 Å². The van der Waals surface area contributed by atoms with E-state index in [9.17, 15) is 9.59 Å². The van der Waals surface area contributed by atoms with Gasteiger partial charge in [0.05, 0.1) is 0 Å². The van der Waals surface area contributed by atoms with Gasteiger partial charge in [0.2, 0.25) is 0 Å². The summed E-state index contributed by atoms with van der Waals surface area (Å²) in [6.07, 6.45) is 0.282. The Morgan fingerprint density at radius 3 is 2.80 bits per heavy atom. The molecular weight excluding hydrogens is 136 g/mol. The molecule has 5 heteroatoms. The predicted molar refractivity (Wildman–Crippen MR) is 32.2 cm³/mol. The van der Waals surface area contributed by atoms with Crippen molar-refractivity contribution < 1.29 is 14.7 Å². The lowest BCUT2D eigenvalue weighted by Crippen LogP contribution is -2.55. The Balaban J connectivity index is 2.56. The van der Waals surface area contributed by atoms with Crippen molar-refractivity contribution in [2.24, 2.45) is 0 Å². The van der Waals surface area contributed by atoms with Gasteiger partial charge in [0.25, 0.3) is 0 Å². The van der Waals surface area contributed by atoms with Crippen molar-refractivity contribution in [3.05, 3.63) is 0 Å². The molecule has 0 unspecified atom stereocenters. The van der Waals surface area contributed by atoms with E-state index >= 15 is 0 Å². The lowest BCUT2D eigenvalue weighted by atomic mass is 10.1. The lowest BCUT2D eigenvalue weighted by molar-refractivity contribution is -0.144. The Morgan fingerprint density at radius 2 is 2.40 bits per heavy atom. The molecule has 0 aromatic rings. The maximum absolute atomic E-state index is 10.8. The highest BCUT2D eigenvalue weighted by molar-refractivity contribution is 6.02. The third kappa shape index (κ3) is 1.31. The number of rotatable bonds is 1. The minimum Gasteiger partial charge on any atom is -0.480 e. The minimum atomic E-state index is -1.13. The highest BCUT2D eigenvalue weighted by atomic mass is 16.4. The zero-order valence-electron chi connectivity index (χ0n) is 5.26. The maximum atomic E-state index is 10.8. The average molecular weight is 144 g/mol. The fourth-order valence-electron chi connectivity index (χ4n) is 0.784. The number of hydrogen-bond donors (Lipinski definition) is 3. The molecule has 1 rings (SSSR count). The molecule has 1 fully saturated rings. The summed E-state index contributed by atoms with van der Waals surface area (Å²) in [5.41, 5.74) is 4.96. The van der Waals surface area contributed by atoms with Gasteiger partial charge >= 0.3 is 5.97 Å². The van der Waals surface area contributed by atoms with Gasteiger partial charge in [-0.15, -0.1) is 0 Å². The number of aliphatic carboxylic acids is 1. The largest absolute Gasteiger partial charge is 0.480 e. The van der Waals surface area contributed by atoms with Crippen LogP contribution in [-0.4, -0.2) is 29.4 Å². The molecule has 0 aromatic heterocycles. The van der Waals surface area contributed by atoms with E-state index in [-0.39, 0.29) is 12.2 Å². The number of Topliss-reactive ketones (excluding diaryl/α,β-unsaturated/α-hetero) is 1. The van der Waals surface area contributed by atoms with Crippen LogP contribution < -0.4 is 10.9 Å². The van der Waals surface area contributed by atoms with Gasteiger partial charge in [0.1, 0.15) is 0 Å². The van der Waals surface area contributed by atoms with Crippen molar-refractivity contribution in [3.8, 4) is 0 Å². The fourth-order valence-corrected chi connectivity index (χ4v) is 0.784. The first-order valence-corrected chi connectivity index (χ1v) is 2.95. The molecule has 0 radical (unpaired) electrons. The molecule has 1 aliphatic heterocycles. The summed E-state index contributed by atoms with van der Waals surface area (Å²) >= 11 is 0. The molecule has 1 saturated heterocycles. The maximum Gasteiger partial charge on any atom is 0.329 e. The van der Waals surface area contributed by atoms with Gasteiger partial charge in [-0.1, -0.05) is 0 Å². The van der Waals surface area contributed by atoms with Crippen molar-refractivity contribution in [1.29, 1.82) is 0 Å². The number of carbonyl (C=O) groups is 2. The van der Waals surface area contributed by atoms with Crippen LogP contribution >= 0.6 is 0 Å². The number of carboxylic acid groups (broad SMARTS) is 1. The summed E-state index contributed by atoms with van der Waals surface area (Å²) in [6, 6.07) is -1.06. The smallest absolute Gasteiger partial charge is 0.329 e. The highest BCUT2D eigenvalue weighted by Gasteiger charge is 2.27. The fraction of sp³-hybridized carbons (Fsp3) is 0.600. The molecule has 0 spiro atoms. The summed E-state index contributed by atoms with van der Waals surface area (Å²) in [6.45, 7) is 0.503. The van der Waals surface area contributed by atoms with Crippen LogP contribution in [0.2, 0.25) is 0 Å². The van der Waals surface area contributed by atoms with Crippen LogP contribution in [0.25, 0.3) is 0 Å². The third-order valence-corrected chi connectivity index (χ3v) is 1.31. The quantitative estimate of drug-likeness (QED) is 0.391. The van der Waals surface area contributed by atoms with Crippen molar-refractivity contribution >= 4 is 11.8 Å². The summed E-state index contributed by atoms with van der Waals surface area (Å²) < 4.78 is 0. The number of nitrogens with one attached hydrogen (secondary N) is 2. The van der Waals surface area contributed by atoms with Crippen LogP contribution in [-0.2, 0) is 9.59 Å². The van der Waals surface area contributed by atoms with Crippen LogP contribution in [0.15, 0.2) is 0 Å². The minimum absolute atomic E-state index is 0.272. The Hall–Kier alpha value is -0.940. The molecule has 1 heterocycles. The average Bonchev–Trinajstić information content (AvgIpc) is 1.88. The van der Waals surface area contributed by atoms with Gasteiger partial charge < -0.3 is 5.11 Å². The first-order valence-electron chi connectivity index (χ1n) is 2.95. The van der Waals surface area contributed by atoms with Crippen molar-refractivity contribution in [2.45, 2.75) is 12.5 Å². The van der Waals surface area contributed by atoms with Crippen LogP contribution in [0.1, 0.15) is 6.42 Å². The molecule has 1 aliphatic rings. The Labute approximate surface area is 57.4 Å². The van der Waals surface area contributed by atoms with Crippen molar-refractivity contribution in [1.82, 2.24) is 10.9 Å². The van der Waals surface area contributed by atoms with Gasteiger partial charge in [-0.2, -0.15) is 0 Å². The number of hydrogen-bond acceptors (Lipinski definition) is 4. The normalized spacial score (nSPS) is 26.4. The standard InChI is InChI=1S/C5H8N2O3/c8-3-1-2-6-7-4(3)5(9)10/h4,6-7H,1-2H2,(H,9,10)/t4-/m0/s1. The number of ketones is 1. The molecule has 0 amide bonds. The highest BCUT2D eigenvalue weighted by Crippen LogP contribution is 1.94. The summed E-state index contributed by atoms with van der Waals surface area (Å²) in [5, 5.41) is 8.39. The molecule has 5 nitrogen and oxygen atoms in total. The van der Waals surface area contributed by atoms with Gasteiger partial charge in [0.15, 0.2) is 11.8 Å². The van der Waals surface area contributed by atoms with E-state index in [1.54, 1.807) is 0 Å². The molecule has 10 heavy (non-hydrogen) atoms. The monoisotopic (exact) mass is 144 g/mol. The van der Waals surface area contributed by atoms with E-state index in [0.717, 1.165) is 0 Å². The second kappa shape index (κ2) is 2.76. The molecule has 56 valence electrons. The Bertz CT molecular complexity index is 168. The van der Waals surface area contributed by atoms with E-state index < -0.39 is 12.0 Å². The number of hydrazine groups is 1. The SMILES string of the molecule is O=C(O)[C@H]1NNCCC1=O. The third-order valence-electron chi connectivity index (χ3n) is 1.31. The molecule has 0 aromatic carbocycles. The van der Waals surface area contributed by atoms with Crippen LogP contribution in [0, 0.1) is 0 Å². The zero-order chi connectivity index (χ0) is 7.56. The second-order valence-corrected chi connectivity index (χ2v) is 2.06. The first kappa shape index (κ1) is 7.17. The number of carbonyl (C=O) groups excluding carboxylic acids is 1. The van der Waals surface area contributed by atoms with E-state index in [1.807, 2.05) is 0 Å². The molecule has 0 saturated carbocycles. The van der Waals surface area contributed by atoms with E-state index in [4.69, 9.17) is 5.11 Å². The van der Waals surface area contributed by atoms with Gasteiger partial charge in [-0.25, -0.2) is 10.2 Å². The van der Waals surface area contributed by atoms with E-state index in [2.05, 4.69) is 10.9 Å². The zero-order valence-corrected chi connectivity index (χ0v) is 5.26. The number of carboxylic acids is 1. The van der Waals surface area contributed by atoms with Crippen molar-refractivity contribution in [3.63, 3.8) is 0 Å². The Kier molecular flexibility index (Phi) is 1.98. The molecule has 1 atom stereocenters. The summed E-state index contributed by atoms with van der Waals surface area (Å²) in [4.78, 5) is 21.0. The molecule has 0 aliphatic carbocycles. The van der Waals surface area contributed by atoms with Gasteiger partial charge in [-0.3, -0.25) is 10.2 Å². The Morgan fingerprint density at radius 1 is 1.70 bits per heavy atom. The van der Waals surface area contributed by atoms with Gasteiger partial charge in [0, 0.05) is 13.0 Å². The topological polar surface area (TPSA) is 78.4 Å². The molecular formula is C5H8N2O3. The summed E-state index contributed by atoms with van der Waals surface area (Å²) in [7, 11) is 0. The first-order chi connectivity index (χ1) is 4.72. The second-order valence-electron chi connectivity index (χ2n) is 2.06. The van der Waals surface area contributed by atoms with Crippen LogP contribution in [0.3, 0.4) is 0 Å². The van der Waals surface area contributed by atoms with E-state index in [1.165, 1.54) is 0 Å².